The lowest BCUT2D eigenvalue weighted by Gasteiger charge is -2.37. The maximum absolute atomic E-state index is 15.1. The molecule has 0 radical (unpaired) electrons. The smallest absolute Gasteiger partial charge is 0.511 e. The maximum Gasteiger partial charge on any atom is 0.511 e. The third-order valence-corrected chi connectivity index (χ3v) is 12.8. The second kappa shape index (κ2) is 23.4. The molecule has 1 amide bonds. The van der Waals surface area contributed by atoms with E-state index in [0.717, 1.165) is 48.2 Å². The number of piperazine rings is 1. The Kier molecular flexibility index (Phi) is 17.1. The first-order chi connectivity index (χ1) is 34.8. The predicted molar refractivity (Wildman–Crippen MR) is 254 cm³/mol. The Balaban J connectivity index is 0.845. The monoisotopic (exact) mass is 1040 g/mol. The Morgan fingerprint density at radius 2 is 1.63 bits per heavy atom. The topological polar surface area (TPSA) is 288 Å². The number of nitrogens with one attached hydrogen (secondary N) is 2. The van der Waals surface area contributed by atoms with Gasteiger partial charge in [-0.05, 0) is 74.4 Å². The first-order valence-electron chi connectivity index (χ1n) is 23.2. The van der Waals surface area contributed by atoms with Gasteiger partial charge >= 0.3 is 23.8 Å². The van der Waals surface area contributed by atoms with Gasteiger partial charge in [0.25, 0.3) is 13.7 Å². The molecule has 0 saturated carbocycles. The van der Waals surface area contributed by atoms with Crippen molar-refractivity contribution in [1.29, 1.82) is 0 Å². The molecule has 5 N–H and O–H groups in total. The number of nitrogens with two attached hydrogens (primary N) is 1. The molecule has 4 heterocycles. The number of carbonyl (C=O) groups excluding carboxylic acids is 3. The van der Waals surface area contributed by atoms with Gasteiger partial charge in [0.15, 0.2) is 0 Å². The van der Waals surface area contributed by atoms with E-state index in [1.54, 1.807) is 23.6 Å². The van der Waals surface area contributed by atoms with E-state index in [2.05, 4.69) is 30.3 Å². The SMILES string of the molecule is CC[C@@H]([C@H](C)OC(=O)OC(C)OC(=O)CNC(=O)C[N+](C)=C(N)NP(=O)([O-])O)n1ncn(-c2ccc(N3CCN(c4ccc(OCC5CO[C@@](Cn6cncn6)(c6ccc(F)cc6F)C5)cc4)CC3)cc2)c1=O. The summed E-state index contributed by atoms with van der Waals surface area (Å²) >= 11 is 0. The molecule has 24 nitrogen and oxygen atoms in total. The zero-order chi connectivity index (χ0) is 52.5. The summed E-state index contributed by atoms with van der Waals surface area (Å²) in [7, 11) is -3.69. The highest BCUT2D eigenvalue weighted by Crippen LogP contribution is 2.42. The Bertz CT molecular complexity index is 2840. The van der Waals surface area contributed by atoms with Gasteiger partial charge in [0.05, 0.1) is 38.5 Å². The van der Waals surface area contributed by atoms with Gasteiger partial charge in [-0.3, -0.25) is 24.5 Å². The highest BCUT2D eigenvalue weighted by Gasteiger charge is 2.45. The van der Waals surface area contributed by atoms with Gasteiger partial charge in [-0.15, -0.1) is 0 Å². The summed E-state index contributed by atoms with van der Waals surface area (Å²) in [6.07, 6.45) is 1.57. The summed E-state index contributed by atoms with van der Waals surface area (Å²) in [5.74, 6) is -2.99. The molecule has 5 aromatic rings. The molecule has 3 aromatic carbocycles. The fourth-order valence-corrected chi connectivity index (χ4v) is 9.09. The van der Waals surface area contributed by atoms with Crippen LogP contribution in [0.3, 0.4) is 0 Å². The molecule has 27 heteroatoms. The summed E-state index contributed by atoms with van der Waals surface area (Å²) in [5.41, 5.74) is 6.79. The van der Waals surface area contributed by atoms with Crippen LogP contribution in [0.15, 0.2) is 90.5 Å². The van der Waals surface area contributed by atoms with Crippen LogP contribution in [0.4, 0.5) is 25.0 Å². The average molecular weight is 1040 g/mol. The number of likely N-dealkylation sites (N-methyl/N-ethyl adjacent to an activating group) is 1. The number of anilines is 2. The third kappa shape index (κ3) is 14.0. The molecule has 2 saturated heterocycles. The largest absolute Gasteiger partial charge is 0.749 e. The zero-order valence-electron chi connectivity index (χ0n) is 40.4. The van der Waals surface area contributed by atoms with Gasteiger partial charge in [-0.1, -0.05) is 13.0 Å². The number of hydrogen-bond acceptors (Lipinski definition) is 16. The molecule has 3 unspecified atom stereocenters. The second-order valence-corrected chi connectivity index (χ2v) is 18.8. The van der Waals surface area contributed by atoms with Crippen molar-refractivity contribution in [2.75, 3.05) is 69.3 Å². The van der Waals surface area contributed by atoms with Crippen molar-refractivity contribution < 1.29 is 65.8 Å². The molecule has 0 bridgehead atoms. The average Bonchev–Trinajstić information content (AvgIpc) is 4.11. The van der Waals surface area contributed by atoms with Gasteiger partial charge < -0.3 is 48.6 Å². The lowest BCUT2D eigenvalue weighted by atomic mass is 9.87. The molecule has 6 atom stereocenters. The fourth-order valence-electron chi connectivity index (χ4n) is 8.63. The minimum absolute atomic E-state index is 0.0611. The Hall–Kier alpha value is -7.41. The molecule has 2 aromatic heterocycles. The van der Waals surface area contributed by atoms with Gasteiger partial charge in [0.1, 0.15) is 61.2 Å². The highest BCUT2D eigenvalue weighted by atomic mass is 31.2. The molecule has 7 rings (SSSR count). The van der Waals surface area contributed by atoms with Crippen molar-refractivity contribution in [3.05, 3.63) is 113 Å². The maximum atomic E-state index is 15.1. The first-order valence-corrected chi connectivity index (χ1v) is 24.8. The molecule has 0 spiro atoms. The molecular weight excluding hydrogens is 982 g/mol. The van der Waals surface area contributed by atoms with E-state index < -0.39 is 86.2 Å². The van der Waals surface area contributed by atoms with E-state index in [0.29, 0.717) is 37.5 Å². The number of halogens is 2. The van der Waals surface area contributed by atoms with Gasteiger partial charge in [-0.25, -0.2) is 42.4 Å². The van der Waals surface area contributed by atoms with E-state index in [4.69, 9.17) is 34.3 Å². The molecule has 0 aliphatic carbocycles. The number of nitrogens with zero attached hydrogens (tertiary/aromatic N) is 9. The molecular formula is C46H57F2N12O12P. The number of carbonyl (C=O) groups is 3. The van der Waals surface area contributed by atoms with Crippen molar-refractivity contribution >= 4 is 43.1 Å². The van der Waals surface area contributed by atoms with Crippen LogP contribution in [0.1, 0.15) is 45.2 Å². The number of aromatic nitrogens is 6. The van der Waals surface area contributed by atoms with E-state index >= 15 is 4.39 Å². The Labute approximate surface area is 417 Å². The molecule has 2 aliphatic heterocycles. The standard InChI is InChI=1S/C46H57F2N12O12P/c1-5-40(30(2)70-45(64)72-31(3)71-42(62)22-51-41(61)23-55(4)43(49)54-73(65,66)67)60-44(63)59(29-53-60)36-9-7-34(8-10-36)56-16-18-57(19-17-56)35-11-13-37(14-12-35)68-24-32-21-46(69-25-32,26-58-28-50-27-52-58)38-15-6-33(47)20-39(38)48/h6-15,20,27-32,40H,5,16-19,21-26H2,1-4H3,(H5,49,51,54,61,65,66,67)/t30-,31?,32?,40-,46-/m0/s1. The molecule has 392 valence electrons. The first kappa shape index (κ1) is 53.4. The van der Waals surface area contributed by atoms with Crippen molar-refractivity contribution in [3.8, 4) is 11.4 Å². The van der Waals surface area contributed by atoms with E-state index in [9.17, 15) is 33.0 Å². The van der Waals surface area contributed by atoms with Gasteiger partial charge in [-0.2, -0.15) is 10.2 Å². The minimum atomic E-state index is -4.94. The lowest BCUT2D eigenvalue weighted by Crippen LogP contribution is -2.46. The number of amides is 1. The second-order valence-electron chi connectivity index (χ2n) is 17.5. The van der Waals surface area contributed by atoms with Crippen molar-refractivity contribution in [1.82, 2.24) is 39.5 Å². The zero-order valence-corrected chi connectivity index (χ0v) is 41.3. The minimum Gasteiger partial charge on any atom is -0.749 e. The molecule has 2 fully saturated rings. The number of esters is 1. The van der Waals surface area contributed by atoms with E-state index in [1.165, 1.54) is 54.3 Å². The fraction of sp³-hybridized carbons (Fsp3) is 0.435. The summed E-state index contributed by atoms with van der Waals surface area (Å²) in [5, 5.41) is 12.3. The number of guanidine groups is 1. The van der Waals surface area contributed by atoms with Crippen LogP contribution in [0.25, 0.3) is 5.69 Å². The number of rotatable bonds is 20. The van der Waals surface area contributed by atoms with E-state index in [-0.39, 0.29) is 18.0 Å². The quantitative estimate of drug-likeness (QED) is 0.0216. The van der Waals surface area contributed by atoms with Crippen LogP contribution in [-0.4, -0.2) is 134 Å². The number of hydrogen-bond donors (Lipinski definition) is 4. The van der Waals surface area contributed by atoms with Crippen LogP contribution in [-0.2, 0) is 45.2 Å². The van der Waals surface area contributed by atoms with Crippen LogP contribution < -0.4 is 41.3 Å². The summed E-state index contributed by atoms with van der Waals surface area (Å²) in [6.45, 7) is 7.36. The van der Waals surface area contributed by atoms with Gasteiger partial charge in [0.2, 0.25) is 6.29 Å². The third-order valence-electron chi connectivity index (χ3n) is 12.3. The highest BCUT2D eigenvalue weighted by molar-refractivity contribution is 7.48. The number of ether oxygens (including phenoxy) is 5. The molecule has 2 aliphatic rings. The summed E-state index contributed by atoms with van der Waals surface area (Å²) in [4.78, 5) is 79.0. The molecule has 73 heavy (non-hydrogen) atoms. The van der Waals surface area contributed by atoms with Crippen molar-refractivity contribution in [2.24, 2.45) is 11.7 Å². The van der Waals surface area contributed by atoms with Crippen LogP contribution >= 0.6 is 7.75 Å². The summed E-state index contributed by atoms with van der Waals surface area (Å²) < 4.78 is 72.8. The van der Waals surface area contributed by atoms with Crippen molar-refractivity contribution in [2.45, 2.75) is 64.2 Å². The Morgan fingerprint density at radius 1 is 0.973 bits per heavy atom. The summed E-state index contributed by atoms with van der Waals surface area (Å²) in [6, 6.07) is 18.2. The van der Waals surface area contributed by atoms with Crippen LogP contribution in [0, 0.1) is 17.6 Å². The van der Waals surface area contributed by atoms with Gasteiger partial charge in [0, 0.05) is 62.0 Å². The van der Waals surface area contributed by atoms with Crippen LogP contribution in [0.5, 0.6) is 5.75 Å². The normalized spacial score (nSPS) is 19.2. The number of benzene rings is 3. The Morgan fingerprint density at radius 3 is 2.25 bits per heavy atom. The lowest BCUT2D eigenvalue weighted by molar-refractivity contribution is -0.488. The van der Waals surface area contributed by atoms with Crippen molar-refractivity contribution in [3.63, 3.8) is 0 Å². The van der Waals surface area contributed by atoms with E-state index in [1.807, 2.05) is 48.5 Å². The predicted octanol–water partition coefficient (Wildman–Crippen LogP) is 1.75. The van der Waals surface area contributed by atoms with Crippen LogP contribution in [0.2, 0.25) is 0 Å².